The summed E-state index contributed by atoms with van der Waals surface area (Å²) in [7, 11) is -9.82. The molecule has 0 aromatic heterocycles. The third-order valence-corrected chi connectivity index (χ3v) is 20.0. The molecule has 0 saturated carbocycles. The maximum atomic E-state index is 13.0. The maximum Gasteiger partial charge on any atom is 0.472 e. The van der Waals surface area contributed by atoms with Gasteiger partial charge in [0.25, 0.3) is 0 Å². The molecule has 0 aliphatic rings. The van der Waals surface area contributed by atoms with Crippen molar-refractivity contribution in [3.05, 3.63) is 182 Å². The van der Waals surface area contributed by atoms with Crippen LogP contribution < -0.4 is 0 Å². The van der Waals surface area contributed by atoms with Gasteiger partial charge in [-0.1, -0.05) is 351 Å². The van der Waals surface area contributed by atoms with Crippen molar-refractivity contribution < 1.29 is 75.8 Å². The Bertz CT molecular complexity index is 2780. The molecular weight excluding hydrogens is 1460 g/mol. The number of unbranched alkanes of at least 4 members (excludes halogenated alkanes) is 29. The number of carbonyl (C=O) groups is 3. The lowest BCUT2D eigenvalue weighted by atomic mass is 10.0. The van der Waals surface area contributed by atoms with Gasteiger partial charge >= 0.3 is 33.6 Å². The van der Waals surface area contributed by atoms with E-state index in [9.17, 15) is 43.5 Å². The number of aliphatic hydroxyl groups is 2. The minimum atomic E-state index is -4.95. The molecule has 0 heterocycles. The first kappa shape index (κ1) is 108. The van der Waals surface area contributed by atoms with E-state index in [1.54, 1.807) is 0 Å². The van der Waals surface area contributed by atoms with Gasteiger partial charge in [-0.3, -0.25) is 32.5 Å². The molecule has 5 atom stereocenters. The molecule has 0 radical (unpaired) electrons. The van der Waals surface area contributed by atoms with Crippen LogP contribution in [-0.4, -0.2) is 95.9 Å². The van der Waals surface area contributed by atoms with Crippen LogP contribution in [0.4, 0.5) is 0 Å². The first-order valence-corrected chi connectivity index (χ1v) is 47.1. The van der Waals surface area contributed by atoms with E-state index in [0.29, 0.717) is 19.3 Å². The fraction of sp³-hybridized carbons (Fsp3) is 0.653. The fourth-order valence-electron chi connectivity index (χ4n) is 11.5. The Hall–Kier alpha value is -5.35. The van der Waals surface area contributed by atoms with Gasteiger partial charge in [0.05, 0.1) is 26.4 Å². The monoisotopic (exact) mass is 1620 g/mol. The zero-order chi connectivity index (χ0) is 82.2. The number of hydrogen-bond acceptors (Lipinski definition) is 14. The van der Waals surface area contributed by atoms with Crippen molar-refractivity contribution in [2.24, 2.45) is 0 Å². The van der Waals surface area contributed by atoms with Crippen molar-refractivity contribution in [1.82, 2.24) is 0 Å². The lowest BCUT2D eigenvalue weighted by Crippen LogP contribution is -2.30. The maximum absolute atomic E-state index is 13.0. The van der Waals surface area contributed by atoms with Gasteiger partial charge in [-0.05, 0) is 154 Å². The summed E-state index contributed by atoms with van der Waals surface area (Å²) in [5.74, 6) is -1.61. The normalized spacial score (nSPS) is 14.7. The Morgan fingerprint density at radius 2 is 0.442 bits per heavy atom. The second-order valence-electron chi connectivity index (χ2n) is 28.9. The van der Waals surface area contributed by atoms with Gasteiger partial charge in [0.1, 0.15) is 25.4 Å². The quantitative estimate of drug-likeness (QED) is 0.0146. The fourth-order valence-corrected chi connectivity index (χ4v) is 13.1. The highest BCUT2D eigenvalue weighted by molar-refractivity contribution is 7.47. The van der Waals surface area contributed by atoms with Crippen molar-refractivity contribution in [3.8, 4) is 0 Å². The first-order chi connectivity index (χ1) is 55.2. The molecule has 0 aliphatic heterocycles. The molecule has 0 amide bonds. The van der Waals surface area contributed by atoms with Crippen LogP contribution >= 0.6 is 15.6 Å². The van der Waals surface area contributed by atoms with Crippen molar-refractivity contribution in [2.75, 3.05) is 39.6 Å². The molecule has 0 spiro atoms. The molecule has 0 bridgehead atoms. The second kappa shape index (κ2) is 86.0. The number of allylic oxidation sites excluding steroid dienone is 30. The van der Waals surface area contributed by atoms with Gasteiger partial charge in [-0.25, -0.2) is 9.13 Å². The zero-order valence-corrected chi connectivity index (χ0v) is 72.5. The molecule has 0 fully saturated rings. The van der Waals surface area contributed by atoms with E-state index >= 15 is 0 Å². The summed E-state index contributed by atoms with van der Waals surface area (Å²) >= 11 is 0. The summed E-state index contributed by atoms with van der Waals surface area (Å²) in [5, 5.41) is 20.7. The van der Waals surface area contributed by atoms with Gasteiger partial charge in [0, 0.05) is 19.3 Å². The van der Waals surface area contributed by atoms with E-state index in [1.807, 2.05) is 0 Å². The molecule has 0 rings (SSSR count). The lowest BCUT2D eigenvalue weighted by molar-refractivity contribution is -0.161. The van der Waals surface area contributed by atoms with Crippen molar-refractivity contribution in [2.45, 2.75) is 360 Å². The molecule has 5 unspecified atom stereocenters. The zero-order valence-electron chi connectivity index (χ0n) is 70.7. The molecule has 0 aromatic carbocycles. The van der Waals surface area contributed by atoms with E-state index in [4.69, 9.17) is 32.3 Å². The van der Waals surface area contributed by atoms with Crippen LogP contribution in [0.3, 0.4) is 0 Å². The number of hydrogen-bond donors (Lipinski definition) is 4. The number of rotatable bonds is 82. The van der Waals surface area contributed by atoms with Gasteiger partial charge in [0.15, 0.2) is 6.10 Å². The molecule has 16 nitrogen and oxygen atoms in total. The number of carbonyl (C=O) groups excluding carboxylic acids is 3. The first-order valence-electron chi connectivity index (χ1n) is 44.1. The summed E-state index contributed by atoms with van der Waals surface area (Å²) < 4.78 is 61.4. The minimum Gasteiger partial charge on any atom is -0.463 e. The summed E-state index contributed by atoms with van der Waals surface area (Å²) in [5.41, 5.74) is 0. The molecule has 644 valence electrons. The highest BCUT2D eigenvalue weighted by Crippen LogP contribution is 2.45. The third-order valence-electron chi connectivity index (χ3n) is 18.1. The Morgan fingerprint density at radius 3 is 0.699 bits per heavy atom. The van der Waals surface area contributed by atoms with Gasteiger partial charge in [0.2, 0.25) is 0 Å². The van der Waals surface area contributed by atoms with Crippen molar-refractivity contribution in [1.29, 1.82) is 0 Å². The molecule has 0 saturated heterocycles. The van der Waals surface area contributed by atoms with E-state index in [2.05, 4.69) is 203 Å². The standard InChI is InChI=1S/C95H158O16P2/c1-4-7-10-13-16-19-22-25-28-31-34-36-38-40-41-42-43-44-45-46-47-49-51-52-55-57-60-63-66-69-72-75-78-81-93(98)105-84-90(96)85-107-112(101,102)108-86-91(97)87-109-113(103,104)110-89-92(111-95(100)83-80-77-74-71-68-65-62-59-54-33-30-27-24-21-18-15-12-9-6-3)88-106-94(99)82-79-76-73-70-67-64-61-58-56-53-50-48-39-37-35-32-29-26-23-20-17-14-11-8-5-2/h7-12,16-21,25-30,34-37,40-41,48,50,54,56,58-59,90-92,96-97H,4-6,13-15,22-24,31-33,38-39,42-47,49,51-53,55,57,60-89H2,1-3H3,(H,101,102)(H,103,104)/b10-7-,11-8-,12-9-,19-16-,20-17-,21-18-,28-25-,29-26-,30-27-,36-34-,37-35-,41-40-,50-48-,58-56-,59-54-. The van der Waals surface area contributed by atoms with Crippen LogP contribution in [0.1, 0.15) is 342 Å². The number of phosphoric acid groups is 2. The third kappa shape index (κ3) is 87.3. The van der Waals surface area contributed by atoms with E-state index in [0.717, 1.165) is 193 Å². The predicted octanol–water partition coefficient (Wildman–Crippen LogP) is 26.9. The smallest absolute Gasteiger partial charge is 0.463 e. The van der Waals surface area contributed by atoms with Crippen LogP contribution in [0.5, 0.6) is 0 Å². The summed E-state index contributed by atoms with van der Waals surface area (Å²) in [6.07, 6.45) is 112. The number of ether oxygens (including phenoxy) is 3. The van der Waals surface area contributed by atoms with Crippen LogP contribution in [0.25, 0.3) is 0 Å². The SMILES string of the molecule is CC/C=C\C/C=C\C/C=C\C/C=C\C/C=C\C/C=C\CCCCCCCCC(=O)OCC(COP(=O)(O)OCC(O)COP(=O)(O)OCC(O)COC(=O)CCCCCCCCCCCCCCCCCCC/C=C\C/C=C\C/C=C\C/C=C\C/C=C\CC)OC(=O)CCCCCCCC/C=C\C/C=C\C/C=C\C/C=C\CC. The van der Waals surface area contributed by atoms with Gasteiger partial charge < -0.3 is 34.2 Å². The number of esters is 3. The average molecular weight is 1620 g/mol. The second-order valence-corrected chi connectivity index (χ2v) is 31.8. The topological polar surface area (TPSA) is 231 Å². The predicted molar refractivity (Wildman–Crippen MR) is 472 cm³/mol. The number of phosphoric ester groups is 2. The Kier molecular flexibility index (Phi) is 81.9. The van der Waals surface area contributed by atoms with Crippen LogP contribution in [0.2, 0.25) is 0 Å². The minimum absolute atomic E-state index is 0.0788. The van der Waals surface area contributed by atoms with Crippen LogP contribution in [0.15, 0.2) is 182 Å². The van der Waals surface area contributed by atoms with Gasteiger partial charge in [-0.15, -0.1) is 0 Å². The van der Waals surface area contributed by atoms with Crippen molar-refractivity contribution in [3.63, 3.8) is 0 Å². The molecular formula is C95H158O16P2. The average Bonchev–Trinajstić information content (AvgIpc) is 0.913. The summed E-state index contributed by atoms with van der Waals surface area (Å²) in [4.78, 5) is 58.9. The van der Waals surface area contributed by atoms with Crippen LogP contribution in [0, 0.1) is 0 Å². The lowest BCUT2D eigenvalue weighted by Gasteiger charge is -2.21. The van der Waals surface area contributed by atoms with Gasteiger partial charge in [-0.2, -0.15) is 0 Å². The Balaban J connectivity index is 4.56. The highest BCUT2D eigenvalue weighted by atomic mass is 31.2. The molecule has 18 heteroatoms. The molecule has 0 aromatic rings. The van der Waals surface area contributed by atoms with E-state index in [1.165, 1.54) is 89.9 Å². The number of aliphatic hydroxyl groups excluding tert-OH is 2. The summed E-state index contributed by atoms with van der Waals surface area (Å²) in [6.45, 7) is 2.33. The molecule has 113 heavy (non-hydrogen) atoms. The van der Waals surface area contributed by atoms with Crippen LogP contribution in [-0.2, 0) is 55.8 Å². The van der Waals surface area contributed by atoms with E-state index in [-0.39, 0.29) is 19.3 Å². The largest absolute Gasteiger partial charge is 0.472 e. The Morgan fingerprint density at radius 1 is 0.248 bits per heavy atom. The molecule has 0 aliphatic carbocycles. The Labute approximate surface area is 687 Å². The highest BCUT2D eigenvalue weighted by Gasteiger charge is 2.29. The molecule has 4 N–H and O–H groups in total. The van der Waals surface area contributed by atoms with Crippen molar-refractivity contribution >= 4 is 33.6 Å². The summed E-state index contributed by atoms with van der Waals surface area (Å²) in [6, 6.07) is 0. The van der Waals surface area contributed by atoms with E-state index < -0.39 is 91.5 Å².